The molecule has 152 valence electrons. The second-order valence-corrected chi connectivity index (χ2v) is 6.44. The normalized spacial score (nSPS) is 25.1. The van der Waals surface area contributed by atoms with Gasteiger partial charge in [-0.2, -0.15) is 4.98 Å². The number of fused-ring (bicyclic) bond motifs is 1. The van der Waals surface area contributed by atoms with Crippen molar-refractivity contribution in [3.05, 3.63) is 58.6 Å². The summed E-state index contributed by atoms with van der Waals surface area (Å²) < 4.78 is 22.4. The number of nitrogens with one attached hydrogen (secondary N) is 1. The number of ether oxygens (including phenoxy) is 4. The van der Waals surface area contributed by atoms with Crippen molar-refractivity contribution >= 4 is 17.9 Å². The molecule has 0 saturated carbocycles. The number of rotatable bonds is 6. The van der Waals surface area contributed by atoms with Crippen LogP contribution in [0.3, 0.4) is 0 Å². The number of hydrogen-bond acceptors (Lipinski definition) is 10. The minimum Gasteiger partial charge on any atom is -0.463 e. The Bertz CT molecular complexity index is 963. The predicted octanol–water partition coefficient (Wildman–Crippen LogP) is 0.632. The van der Waals surface area contributed by atoms with Crippen LogP contribution >= 0.6 is 0 Å². The fourth-order valence-electron chi connectivity index (χ4n) is 3.24. The molecule has 0 radical (unpaired) electrons. The van der Waals surface area contributed by atoms with E-state index in [1.807, 2.05) is 18.2 Å². The number of aromatic nitrogens is 2. The smallest absolute Gasteiger partial charge is 0.463 e. The molecule has 11 heteroatoms. The SMILES string of the molecule is O=C(Cc1ccccc1)OC[C@H]1O[C@@H](n2ccc(NO)nc2=O)[C@@H]2OC(=O)O[C@@H]21. The first-order valence-corrected chi connectivity index (χ1v) is 8.77. The van der Waals surface area contributed by atoms with Crippen molar-refractivity contribution in [1.29, 1.82) is 0 Å². The number of hydrogen-bond donors (Lipinski definition) is 2. The summed E-state index contributed by atoms with van der Waals surface area (Å²) in [5, 5.41) is 8.84. The van der Waals surface area contributed by atoms with E-state index in [1.165, 1.54) is 12.3 Å². The topological polar surface area (TPSA) is 138 Å². The van der Waals surface area contributed by atoms with Crippen molar-refractivity contribution in [1.82, 2.24) is 9.55 Å². The van der Waals surface area contributed by atoms with Crippen LogP contribution in [0.4, 0.5) is 10.6 Å². The summed E-state index contributed by atoms with van der Waals surface area (Å²) in [6.07, 6.45) is -3.09. The third-order valence-electron chi connectivity index (χ3n) is 4.57. The van der Waals surface area contributed by atoms with Gasteiger partial charge in [0, 0.05) is 6.20 Å². The first-order chi connectivity index (χ1) is 14.0. The second-order valence-electron chi connectivity index (χ2n) is 6.44. The molecule has 0 spiro atoms. The van der Waals surface area contributed by atoms with Crippen molar-refractivity contribution in [3.8, 4) is 0 Å². The van der Waals surface area contributed by atoms with E-state index in [-0.39, 0.29) is 18.8 Å². The number of anilines is 1. The van der Waals surface area contributed by atoms with Crippen LogP contribution in [0.1, 0.15) is 11.8 Å². The highest BCUT2D eigenvalue weighted by molar-refractivity contribution is 5.72. The average Bonchev–Trinajstić information content (AvgIpc) is 3.25. The van der Waals surface area contributed by atoms with Crippen LogP contribution in [0, 0.1) is 0 Å². The maximum Gasteiger partial charge on any atom is 0.509 e. The molecule has 29 heavy (non-hydrogen) atoms. The van der Waals surface area contributed by atoms with E-state index in [0.717, 1.165) is 10.1 Å². The van der Waals surface area contributed by atoms with E-state index in [1.54, 1.807) is 17.6 Å². The molecule has 0 unspecified atom stereocenters. The van der Waals surface area contributed by atoms with E-state index >= 15 is 0 Å². The molecule has 4 rings (SSSR count). The molecule has 0 aliphatic carbocycles. The standard InChI is InChI=1S/C18H17N3O8/c22-13(8-10-4-2-1-3-5-10)26-9-11-14-15(29-18(24)28-14)16(27-11)21-7-6-12(20-25)19-17(21)23/h1-7,11,14-16,25H,8-9H2,(H,19,20,23)/t11-,14-,15-,16-/m1/s1. The van der Waals surface area contributed by atoms with Crippen LogP contribution in [0.5, 0.6) is 0 Å². The van der Waals surface area contributed by atoms with Gasteiger partial charge in [-0.1, -0.05) is 30.3 Å². The maximum atomic E-state index is 12.2. The largest absolute Gasteiger partial charge is 0.509 e. The van der Waals surface area contributed by atoms with E-state index in [2.05, 4.69) is 4.98 Å². The summed E-state index contributed by atoms with van der Waals surface area (Å²) in [6.45, 7) is -0.182. The lowest BCUT2D eigenvalue weighted by Gasteiger charge is -2.18. The Morgan fingerprint density at radius 1 is 1.17 bits per heavy atom. The van der Waals surface area contributed by atoms with Crippen LogP contribution in [0.2, 0.25) is 0 Å². The number of carbonyl (C=O) groups excluding carboxylic acids is 2. The molecule has 2 aromatic rings. The Labute approximate surface area is 163 Å². The van der Waals surface area contributed by atoms with Gasteiger partial charge in [0.1, 0.15) is 12.7 Å². The lowest BCUT2D eigenvalue weighted by molar-refractivity contribution is -0.150. The van der Waals surface area contributed by atoms with Crippen molar-refractivity contribution in [3.63, 3.8) is 0 Å². The van der Waals surface area contributed by atoms with Gasteiger partial charge in [0.05, 0.1) is 6.42 Å². The molecule has 11 nitrogen and oxygen atoms in total. The molecule has 2 saturated heterocycles. The van der Waals surface area contributed by atoms with Gasteiger partial charge in [-0.25, -0.2) is 9.59 Å². The van der Waals surface area contributed by atoms with Crippen molar-refractivity contribution < 1.29 is 33.7 Å². The zero-order chi connectivity index (χ0) is 20.4. The second kappa shape index (κ2) is 7.89. The van der Waals surface area contributed by atoms with Crippen LogP contribution < -0.4 is 11.2 Å². The van der Waals surface area contributed by atoms with E-state index in [4.69, 9.17) is 24.2 Å². The molecule has 1 aromatic carbocycles. The highest BCUT2D eigenvalue weighted by Crippen LogP contribution is 2.37. The van der Waals surface area contributed by atoms with Crippen molar-refractivity contribution in [2.45, 2.75) is 31.0 Å². The molecule has 2 N–H and O–H groups in total. The molecule has 2 fully saturated rings. The van der Waals surface area contributed by atoms with Gasteiger partial charge in [-0.3, -0.25) is 20.0 Å². The Morgan fingerprint density at radius 3 is 2.66 bits per heavy atom. The van der Waals surface area contributed by atoms with Gasteiger partial charge >= 0.3 is 17.8 Å². The zero-order valence-corrected chi connectivity index (χ0v) is 15.0. The van der Waals surface area contributed by atoms with Gasteiger partial charge < -0.3 is 18.9 Å². The van der Waals surface area contributed by atoms with Gasteiger partial charge in [-0.05, 0) is 11.6 Å². The monoisotopic (exact) mass is 403 g/mol. The third kappa shape index (κ3) is 3.91. The Balaban J connectivity index is 1.45. The average molecular weight is 403 g/mol. The van der Waals surface area contributed by atoms with Crippen LogP contribution in [0.15, 0.2) is 47.4 Å². The van der Waals surface area contributed by atoms with Crippen LogP contribution in [-0.2, 0) is 30.2 Å². The summed E-state index contributed by atoms with van der Waals surface area (Å²) in [4.78, 5) is 39.5. The minimum absolute atomic E-state index is 0.0492. The zero-order valence-electron chi connectivity index (χ0n) is 15.0. The number of benzene rings is 1. The summed E-state index contributed by atoms with van der Waals surface area (Å²) in [7, 11) is 0. The van der Waals surface area contributed by atoms with E-state index < -0.39 is 42.4 Å². The lowest BCUT2D eigenvalue weighted by atomic mass is 10.1. The number of carbonyl (C=O) groups is 2. The molecule has 0 bridgehead atoms. The minimum atomic E-state index is -1.02. The van der Waals surface area contributed by atoms with Gasteiger partial charge in [-0.15, -0.1) is 0 Å². The molecular weight excluding hydrogens is 386 g/mol. The summed E-state index contributed by atoms with van der Waals surface area (Å²) in [6, 6.07) is 10.4. The Kier molecular flexibility index (Phi) is 5.14. The van der Waals surface area contributed by atoms with Crippen LogP contribution in [0.25, 0.3) is 0 Å². The lowest BCUT2D eigenvalue weighted by Crippen LogP contribution is -2.34. The number of nitrogens with zero attached hydrogens (tertiary/aromatic N) is 2. The fourth-order valence-corrected chi connectivity index (χ4v) is 3.24. The number of esters is 1. The van der Waals surface area contributed by atoms with E-state index in [9.17, 15) is 14.4 Å². The van der Waals surface area contributed by atoms with Crippen molar-refractivity contribution in [2.75, 3.05) is 12.1 Å². The summed E-state index contributed by atoms with van der Waals surface area (Å²) >= 11 is 0. The fraction of sp³-hybridized carbons (Fsp3) is 0.333. The van der Waals surface area contributed by atoms with Crippen LogP contribution in [-0.4, -0.2) is 51.8 Å². The van der Waals surface area contributed by atoms with E-state index in [0.29, 0.717) is 0 Å². The molecule has 0 amide bonds. The van der Waals surface area contributed by atoms with Gasteiger partial charge in [0.25, 0.3) is 0 Å². The molecule has 3 heterocycles. The molecular formula is C18H17N3O8. The van der Waals surface area contributed by atoms with Gasteiger partial charge in [0.2, 0.25) is 0 Å². The Hall–Kier alpha value is -3.44. The highest BCUT2D eigenvalue weighted by Gasteiger charge is 2.55. The molecule has 2 aliphatic heterocycles. The third-order valence-corrected chi connectivity index (χ3v) is 4.57. The quantitative estimate of drug-likeness (QED) is 0.522. The first-order valence-electron chi connectivity index (χ1n) is 8.77. The molecule has 2 aliphatic rings. The van der Waals surface area contributed by atoms with Crippen molar-refractivity contribution in [2.24, 2.45) is 0 Å². The first kappa shape index (κ1) is 18.9. The highest BCUT2D eigenvalue weighted by atomic mass is 16.8. The molecule has 1 aromatic heterocycles. The maximum absolute atomic E-state index is 12.2. The summed E-state index contributed by atoms with van der Waals surface area (Å²) in [5.74, 6) is -0.519. The van der Waals surface area contributed by atoms with Gasteiger partial charge in [0.15, 0.2) is 24.3 Å². The summed E-state index contributed by atoms with van der Waals surface area (Å²) in [5.41, 5.74) is 1.83. The molecule has 4 atom stereocenters. The Morgan fingerprint density at radius 2 is 1.93 bits per heavy atom. The predicted molar refractivity (Wildman–Crippen MR) is 94.1 cm³/mol.